The number of benzene rings is 1. The lowest BCUT2D eigenvalue weighted by molar-refractivity contribution is 0.264. The van der Waals surface area contributed by atoms with Crippen LogP contribution in [0.1, 0.15) is 12.5 Å². The summed E-state index contributed by atoms with van der Waals surface area (Å²) in [6.45, 7) is 2.19. The van der Waals surface area contributed by atoms with Gasteiger partial charge in [-0.05, 0) is 25.1 Å². The Hall–Kier alpha value is -1.82. The third-order valence-corrected chi connectivity index (χ3v) is 3.25. The number of rotatable bonds is 3. The van der Waals surface area contributed by atoms with Gasteiger partial charge in [-0.25, -0.2) is 8.78 Å². The molecule has 2 atom stereocenters. The smallest absolute Gasteiger partial charge is 0.140 e. The predicted molar refractivity (Wildman–Crippen MR) is 58.6 cm³/mol. The highest BCUT2D eigenvalue weighted by Crippen LogP contribution is 2.48. The van der Waals surface area contributed by atoms with E-state index in [1.54, 1.807) is 4.57 Å². The quantitative estimate of drug-likeness (QED) is 0.782. The second kappa shape index (κ2) is 3.84. The lowest BCUT2D eigenvalue weighted by Gasteiger charge is -2.14. The molecule has 1 aromatic heterocycles. The molecule has 6 heteroatoms. The highest BCUT2D eigenvalue weighted by molar-refractivity contribution is 5.31. The molecule has 0 unspecified atom stereocenters. The largest absolute Gasteiger partial charge is 0.359 e. The first-order valence-corrected chi connectivity index (χ1v) is 5.57. The van der Waals surface area contributed by atoms with Crippen LogP contribution in [0.2, 0.25) is 0 Å². The minimum Gasteiger partial charge on any atom is -0.359 e. The number of epoxide rings is 1. The molecular formula is C12H11F2N3O. The summed E-state index contributed by atoms with van der Waals surface area (Å²) >= 11 is 0. The van der Waals surface area contributed by atoms with Crippen LogP contribution in [0.15, 0.2) is 30.9 Å². The zero-order valence-electron chi connectivity index (χ0n) is 9.68. The monoisotopic (exact) mass is 251 g/mol. The van der Waals surface area contributed by atoms with Crippen molar-refractivity contribution in [2.24, 2.45) is 0 Å². The SMILES string of the molecule is C[C@@H]1O[C@@]1(Cn1cnnc1)c1cc(F)ccc1F. The number of aromatic nitrogens is 3. The molecule has 0 saturated carbocycles. The summed E-state index contributed by atoms with van der Waals surface area (Å²) in [5, 5.41) is 7.36. The first-order valence-electron chi connectivity index (χ1n) is 5.57. The van der Waals surface area contributed by atoms with E-state index in [1.165, 1.54) is 18.7 Å². The fraction of sp³-hybridized carbons (Fsp3) is 0.333. The maximum absolute atomic E-state index is 13.8. The molecule has 3 rings (SSSR count). The average molecular weight is 251 g/mol. The Kier molecular flexibility index (Phi) is 2.41. The number of nitrogens with zero attached hydrogens (tertiary/aromatic N) is 3. The van der Waals surface area contributed by atoms with E-state index in [1.807, 2.05) is 6.92 Å². The van der Waals surface area contributed by atoms with Crippen molar-refractivity contribution in [3.8, 4) is 0 Å². The van der Waals surface area contributed by atoms with E-state index in [0.29, 0.717) is 6.54 Å². The van der Waals surface area contributed by atoms with Gasteiger partial charge in [-0.15, -0.1) is 10.2 Å². The number of halogens is 2. The predicted octanol–water partition coefficient (Wildman–Crippen LogP) is 1.87. The maximum atomic E-state index is 13.8. The summed E-state index contributed by atoms with van der Waals surface area (Å²) in [5.41, 5.74) is -0.585. The minimum atomic E-state index is -0.825. The zero-order valence-corrected chi connectivity index (χ0v) is 9.68. The van der Waals surface area contributed by atoms with Crippen LogP contribution in [-0.2, 0) is 16.9 Å². The van der Waals surface area contributed by atoms with Crippen LogP contribution in [-0.4, -0.2) is 20.9 Å². The second-order valence-electron chi connectivity index (χ2n) is 4.41. The molecule has 2 heterocycles. The molecule has 18 heavy (non-hydrogen) atoms. The molecule has 0 bridgehead atoms. The van der Waals surface area contributed by atoms with E-state index >= 15 is 0 Å². The van der Waals surface area contributed by atoms with E-state index in [4.69, 9.17) is 4.74 Å². The first kappa shape index (κ1) is 11.3. The third kappa shape index (κ3) is 1.69. The van der Waals surface area contributed by atoms with Crippen LogP contribution in [0.25, 0.3) is 0 Å². The molecule has 0 radical (unpaired) electrons. The summed E-state index contributed by atoms with van der Waals surface area (Å²) in [4.78, 5) is 0. The lowest BCUT2D eigenvalue weighted by atomic mass is 9.95. The van der Waals surface area contributed by atoms with E-state index < -0.39 is 17.2 Å². The van der Waals surface area contributed by atoms with Crippen molar-refractivity contribution in [3.63, 3.8) is 0 Å². The molecule has 94 valence electrons. The van der Waals surface area contributed by atoms with Gasteiger partial charge in [-0.2, -0.15) is 0 Å². The molecule has 0 aliphatic carbocycles. The summed E-state index contributed by atoms with van der Waals surface area (Å²) in [6, 6.07) is 3.40. The Morgan fingerprint density at radius 3 is 2.61 bits per heavy atom. The summed E-state index contributed by atoms with van der Waals surface area (Å²) in [6.07, 6.45) is 2.87. The lowest BCUT2D eigenvalue weighted by Crippen LogP contribution is -2.21. The Morgan fingerprint density at radius 2 is 2.00 bits per heavy atom. The Balaban J connectivity index is 1.99. The van der Waals surface area contributed by atoms with Crippen molar-refractivity contribution in [1.29, 1.82) is 0 Å². The van der Waals surface area contributed by atoms with Crippen LogP contribution in [0.4, 0.5) is 8.78 Å². The van der Waals surface area contributed by atoms with Gasteiger partial charge in [0, 0.05) is 5.56 Å². The van der Waals surface area contributed by atoms with Gasteiger partial charge in [0.2, 0.25) is 0 Å². The molecule has 0 N–H and O–H groups in total. The highest BCUT2D eigenvalue weighted by atomic mass is 19.1. The average Bonchev–Trinajstić information content (AvgIpc) is 2.77. The number of hydrogen-bond donors (Lipinski definition) is 0. The zero-order chi connectivity index (χ0) is 12.8. The second-order valence-corrected chi connectivity index (χ2v) is 4.41. The third-order valence-electron chi connectivity index (χ3n) is 3.25. The van der Waals surface area contributed by atoms with Crippen molar-refractivity contribution in [1.82, 2.24) is 14.8 Å². The van der Waals surface area contributed by atoms with Gasteiger partial charge in [0.05, 0.1) is 12.6 Å². The van der Waals surface area contributed by atoms with Gasteiger partial charge in [-0.3, -0.25) is 0 Å². The molecule has 1 aromatic carbocycles. The van der Waals surface area contributed by atoms with E-state index in [9.17, 15) is 8.78 Å². The standard InChI is InChI=1S/C12H11F2N3O/c1-8-12(18-8,5-17-6-15-16-7-17)10-4-9(13)2-3-11(10)14/h2-4,6-8H,5H2,1H3/t8-,12+/m0/s1. The van der Waals surface area contributed by atoms with Crippen molar-refractivity contribution in [2.75, 3.05) is 0 Å². The van der Waals surface area contributed by atoms with Crippen molar-refractivity contribution < 1.29 is 13.5 Å². The van der Waals surface area contributed by atoms with Gasteiger partial charge in [0.25, 0.3) is 0 Å². The van der Waals surface area contributed by atoms with Crippen molar-refractivity contribution in [3.05, 3.63) is 48.1 Å². The van der Waals surface area contributed by atoms with Crippen molar-refractivity contribution in [2.45, 2.75) is 25.2 Å². The van der Waals surface area contributed by atoms with E-state index in [-0.39, 0.29) is 11.7 Å². The number of ether oxygens (including phenoxy) is 1. The molecule has 2 aromatic rings. The summed E-state index contributed by atoms with van der Waals surface area (Å²) < 4.78 is 34.3. The van der Waals surface area contributed by atoms with Crippen LogP contribution in [0.5, 0.6) is 0 Å². The summed E-state index contributed by atoms with van der Waals surface area (Å²) in [7, 11) is 0. The maximum Gasteiger partial charge on any atom is 0.140 e. The van der Waals surface area contributed by atoms with Crippen LogP contribution < -0.4 is 0 Å². The Bertz CT molecular complexity index is 573. The van der Waals surface area contributed by atoms with Crippen molar-refractivity contribution >= 4 is 0 Å². The van der Waals surface area contributed by atoms with Crippen LogP contribution in [0, 0.1) is 11.6 Å². The Morgan fingerprint density at radius 1 is 1.33 bits per heavy atom. The van der Waals surface area contributed by atoms with Crippen LogP contribution >= 0.6 is 0 Å². The van der Waals surface area contributed by atoms with Gasteiger partial charge in [-0.1, -0.05) is 0 Å². The molecule has 0 amide bonds. The fourth-order valence-corrected chi connectivity index (χ4v) is 2.21. The van der Waals surface area contributed by atoms with Crippen LogP contribution in [0.3, 0.4) is 0 Å². The normalized spacial score (nSPS) is 26.3. The first-order chi connectivity index (χ1) is 8.62. The summed E-state index contributed by atoms with van der Waals surface area (Å²) in [5.74, 6) is -0.939. The molecule has 1 saturated heterocycles. The molecule has 1 aliphatic rings. The van der Waals surface area contributed by atoms with E-state index in [0.717, 1.165) is 12.1 Å². The van der Waals surface area contributed by atoms with E-state index in [2.05, 4.69) is 10.2 Å². The van der Waals surface area contributed by atoms with Gasteiger partial charge >= 0.3 is 0 Å². The van der Waals surface area contributed by atoms with Gasteiger partial charge < -0.3 is 9.30 Å². The Labute approximate surface area is 102 Å². The molecule has 1 aliphatic heterocycles. The van der Waals surface area contributed by atoms with Gasteiger partial charge in [0.15, 0.2) is 0 Å². The van der Waals surface area contributed by atoms with Gasteiger partial charge in [0.1, 0.15) is 29.9 Å². The topological polar surface area (TPSA) is 43.2 Å². The molecule has 0 spiro atoms. The number of hydrogen-bond acceptors (Lipinski definition) is 3. The molecule has 1 fully saturated rings. The molecule has 4 nitrogen and oxygen atoms in total. The minimum absolute atomic E-state index is 0.170. The fourth-order valence-electron chi connectivity index (χ4n) is 2.21. The molecular weight excluding hydrogens is 240 g/mol. The highest BCUT2D eigenvalue weighted by Gasteiger charge is 2.56.